The number of nitrogens with zero attached hydrogens (tertiary/aromatic N) is 5. The molecule has 0 saturated carbocycles. The molecule has 4 aromatic rings. The maximum absolute atomic E-state index is 14.4. The third-order valence-corrected chi connectivity index (χ3v) is 16.3. The largest absolute Gasteiger partial charge is 0.493 e. The first-order valence-corrected chi connectivity index (χ1v) is 31.3. The fraction of sp³-hybridized carbons (Fsp3) is 0.551. The number of hydrogen-bond acceptors (Lipinski definition) is 14. The van der Waals surface area contributed by atoms with E-state index in [9.17, 15) is 51.1 Å². The molecule has 0 radical (unpaired) electrons. The van der Waals surface area contributed by atoms with Crippen LogP contribution in [0.2, 0.25) is 0 Å². The molecule has 6 amide bonds. The van der Waals surface area contributed by atoms with E-state index >= 15 is 0 Å². The summed E-state index contributed by atoms with van der Waals surface area (Å²) in [7, 11) is 1.46. The third-order valence-electron chi connectivity index (χ3n) is 16.3. The van der Waals surface area contributed by atoms with Crippen molar-refractivity contribution in [1.29, 1.82) is 0 Å². The predicted molar refractivity (Wildman–Crippen MR) is 339 cm³/mol. The first kappa shape index (κ1) is 73.9. The van der Waals surface area contributed by atoms with Gasteiger partial charge in [-0.15, -0.1) is 0 Å². The van der Waals surface area contributed by atoms with Gasteiger partial charge >= 0.3 is 24.2 Å². The highest BCUT2D eigenvalue weighted by molar-refractivity contribution is 5.92. The molecule has 0 aromatic heterocycles. The summed E-state index contributed by atoms with van der Waals surface area (Å²) < 4.78 is 87.6. The third kappa shape index (κ3) is 20.4. The summed E-state index contributed by atoms with van der Waals surface area (Å²) >= 11 is 0. The zero-order valence-electron chi connectivity index (χ0n) is 56.1. The van der Waals surface area contributed by atoms with Crippen molar-refractivity contribution >= 4 is 42.0 Å². The number of halogens is 4. The van der Waals surface area contributed by atoms with Gasteiger partial charge < -0.3 is 59.1 Å². The van der Waals surface area contributed by atoms with Crippen LogP contribution >= 0.6 is 0 Å². The van der Waals surface area contributed by atoms with E-state index in [0.717, 1.165) is 35.4 Å². The van der Waals surface area contributed by atoms with Crippen molar-refractivity contribution in [3.63, 3.8) is 0 Å². The number of likely N-dealkylation sites (tertiary alicyclic amines) is 4. The van der Waals surface area contributed by atoms with Gasteiger partial charge in [0.1, 0.15) is 48.0 Å². The Morgan fingerprint density at radius 2 is 0.978 bits per heavy atom. The number of esters is 1. The molecule has 4 fully saturated rings. The van der Waals surface area contributed by atoms with Gasteiger partial charge in [0.2, 0.25) is 17.7 Å². The lowest BCUT2D eigenvalue weighted by atomic mass is 9.85. The van der Waals surface area contributed by atoms with Crippen LogP contribution in [0.1, 0.15) is 121 Å². The number of rotatable bonds is 15. The highest BCUT2D eigenvalue weighted by atomic mass is 19.2. The second kappa shape index (κ2) is 31.2. The maximum atomic E-state index is 14.4. The van der Waals surface area contributed by atoms with Crippen LogP contribution in [0.3, 0.4) is 0 Å². The molecule has 4 aliphatic heterocycles. The summed E-state index contributed by atoms with van der Waals surface area (Å²) in [6.45, 7) is 26.5. The summed E-state index contributed by atoms with van der Waals surface area (Å²) in [5.41, 5.74) is 5.74. The van der Waals surface area contributed by atoms with Crippen LogP contribution in [-0.2, 0) is 51.3 Å². The topological polar surface area (TPSA) is 229 Å². The molecule has 20 nitrogen and oxygen atoms in total. The standard InChI is InChI=1S/C36H48F2N4O7.C27H33F2N3O4.C6H12O2/c1-22(40(8)33(45)49-36(5,6)7)31(43)39-30(35(2,3)4)32(44)41-17-16-28-29(41)24(21-47-25-14-15-26(37)27(38)18-25)19-42(28)34(46)48-20-23-12-10-9-11-13-23;1-27(2,3)24(30)25(33)31-12-11-22-23(31)18(16-35-19-9-10-20(28)21(29)13-19)14-32(22)26(34)36-15-17-7-5-4-6-8-17;1-5(7)8-6(2,3)4/h9-15,18,22,24,28-30H,16-17,19-21H2,1-8H3,(H,39,43);4-10,13,18,22-24H,11-12,14-16,30H2,1-3H3;1-4H3/t22-,24+,28+,29+,30+;18-,22-,23-,24-;/m01./s1. The lowest BCUT2D eigenvalue weighted by molar-refractivity contribution is -0.152. The number of nitrogens with two attached hydrogens (primary N) is 1. The maximum Gasteiger partial charge on any atom is 0.410 e. The molecular weight excluding hydrogens is 1210 g/mol. The molecular formula is C69H93F4N7O13. The molecule has 4 aromatic carbocycles. The van der Waals surface area contributed by atoms with Crippen LogP contribution in [0.4, 0.5) is 31.9 Å². The highest BCUT2D eigenvalue weighted by Gasteiger charge is 2.56. The van der Waals surface area contributed by atoms with Crippen molar-refractivity contribution in [2.45, 2.75) is 176 Å². The molecule has 510 valence electrons. The second-order valence-corrected chi connectivity index (χ2v) is 28.1. The van der Waals surface area contributed by atoms with Gasteiger partial charge in [-0.3, -0.25) is 24.1 Å². The average Bonchev–Trinajstić information content (AvgIpc) is 1.62. The molecule has 0 spiro atoms. The molecule has 24 heteroatoms. The lowest BCUT2D eigenvalue weighted by Crippen LogP contribution is -2.60. The van der Waals surface area contributed by atoms with Gasteiger partial charge in [-0.25, -0.2) is 31.9 Å². The Morgan fingerprint density at radius 3 is 1.33 bits per heavy atom. The van der Waals surface area contributed by atoms with E-state index in [2.05, 4.69) is 5.32 Å². The van der Waals surface area contributed by atoms with Gasteiger partial charge in [-0.05, 0) is 108 Å². The molecule has 9 atom stereocenters. The normalized spacial score (nSPS) is 20.3. The van der Waals surface area contributed by atoms with Gasteiger partial charge in [0.05, 0.1) is 43.4 Å². The minimum atomic E-state index is -1.05. The van der Waals surface area contributed by atoms with Gasteiger partial charge in [0.15, 0.2) is 23.3 Å². The van der Waals surface area contributed by atoms with Crippen LogP contribution in [0.5, 0.6) is 11.5 Å². The van der Waals surface area contributed by atoms with Crippen LogP contribution < -0.4 is 20.5 Å². The van der Waals surface area contributed by atoms with Crippen LogP contribution in [0.25, 0.3) is 0 Å². The van der Waals surface area contributed by atoms with E-state index in [1.165, 1.54) is 31.0 Å². The number of nitrogens with one attached hydrogen (secondary N) is 1. The Kier molecular flexibility index (Phi) is 24.8. The van der Waals surface area contributed by atoms with E-state index in [1.54, 1.807) is 47.3 Å². The molecule has 4 aliphatic rings. The van der Waals surface area contributed by atoms with E-state index < -0.39 is 100 Å². The Bertz CT molecular complexity index is 3230. The smallest absolute Gasteiger partial charge is 0.410 e. The zero-order chi connectivity index (χ0) is 69.1. The molecule has 93 heavy (non-hydrogen) atoms. The number of carbonyl (C=O) groups is 7. The quantitative estimate of drug-likeness (QED) is 0.0641. The monoisotopic (exact) mass is 1300 g/mol. The molecule has 0 aliphatic carbocycles. The first-order chi connectivity index (χ1) is 43.3. The fourth-order valence-electron chi connectivity index (χ4n) is 11.5. The van der Waals surface area contributed by atoms with Gasteiger partial charge in [-0.2, -0.15) is 0 Å². The summed E-state index contributed by atoms with van der Waals surface area (Å²) in [5.74, 6) is -5.69. The fourth-order valence-corrected chi connectivity index (χ4v) is 11.5. The van der Waals surface area contributed by atoms with Crippen molar-refractivity contribution in [3.8, 4) is 11.5 Å². The van der Waals surface area contributed by atoms with Crippen molar-refractivity contribution < 1.29 is 79.5 Å². The number of likely N-dealkylation sites (N-methyl/N-ethyl adjacent to an activating group) is 1. The minimum Gasteiger partial charge on any atom is -0.493 e. The Balaban J connectivity index is 0.000000273. The number of fused-ring (bicyclic) bond motifs is 2. The second-order valence-electron chi connectivity index (χ2n) is 28.1. The predicted octanol–water partition coefficient (Wildman–Crippen LogP) is 10.7. The number of ether oxygens (including phenoxy) is 6. The van der Waals surface area contributed by atoms with Gasteiger partial charge in [-0.1, -0.05) is 102 Å². The van der Waals surface area contributed by atoms with E-state index in [-0.39, 0.29) is 85.9 Å². The van der Waals surface area contributed by atoms with E-state index in [0.29, 0.717) is 32.5 Å². The van der Waals surface area contributed by atoms with Crippen LogP contribution in [0.15, 0.2) is 97.1 Å². The zero-order valence-corrected chi connectivity index (χ0v) is 56.1. The average molecular weight is 1300 g/mol. The molecule has 4 saturated heterocycles. The van der Waals surface area contributed by atoms with Crippen molar-refractivity contribution in [2.75, 3.05) is 46.4 Å². The van der Waals surface area contributed by atoms with Crippen molar-refractivity contribution in [2.24, 2.45) is 28.4 Å². The minimum absolute atomic E-state index is 0.00272. The number of benzene rings is 4. The molecule has 3 N–H and O–H groups in total. The van der Waals surface area contributed by atoms with Crippen LogP contribution in [-0.4, -0.2) is 166 Å². The summed E-state index contributed by atoms with van der Waals surface area (Å²) in [4.78, 5) is 98.5. The van der Waals surface area contributed by atoms with Crippen LogP contribution in [0, 0.1) is 45.9 Å². The van der Waals surface area contributed by atoms with Gasteiger partial charge in [0, 0.05) is 64.1 Å². The SMILES string of the molecule is CC(=O)OC(C)(C)C.CC(C)(C)[C@H](N)C(=O)N1CC[C@@H]2[C@H]1[C@@H](COc1ccc(F)c(F)c1)CN2C(=O)OCc1ccccc1.C[C@@H](C(=O)N[C@H](C(=O)N1CC[C@@H]2[C@H]1[C@@H](COc1ccc(F)c(F)c1)CN2C(=O)OCc1ccccc1)C(C)(C)C)N(C)C(=O)OC(C)(C)C. The molecule has 0 unspecified atom stereocenters. The van der Waals surface area contributed by atoms with Crippen molar-refractivity contribution in [3.05, 3.63) is 131 Å². The number of amides is 6. The summed E-state index contributed by atoms with van der Waals surface area (Å²) in [5, 5.41) is 2.88. The van der Waals surface area contributed by atoms with Crippen molar-refractivity contribution in [1.82, 2.24) is 29.8 Å². The highest BCUT2D eigenvalue weighted by Crippen LogP contribution is 2.40. The van der Waals surface area contributed by atoms with E-state index in [1.807, 2.05) is 123 Å². The Morgan fingerprint density at radius 1 is 0.570 bits per heavy atom. The number of carbonyl (C=O) groups excluding carboxylic acids is 7. The Labute approximate surface area is 543 Å². The summed E-state index contributed by atoms with van der Waals surface area (Å²) in [6, 6.07) is 21.1. The van der Waals surface area contributed by atoms with Gasteiger partial charge in [0.25, 0.3) is 0 Å². The molecule has 8 rings (SSSR count). The first-order valence-electron chi connectivity index (χ1n) is 31.3. The number of hydrogen-bond donors (Lipinski definition) is 2. The summed E-state index contributed by atoms with van der Waals surface area (Å²) in [6.07, 6.45) is -0.622. The van der Waals surface area contributed by atoms with E-state index in [4.69, 9.17) is 34.2 Å². The molecule has 0 bridgehead atoms. The molecule has 4 heterocycles. The lowest BCUT2D eigenvalue weighted by Gasteiger charge is -2.38. The Hall–Kier alpha value is -8.15.